The molecule has 3 atom stereocenters. The van der Waals surface area contributed by atoms with Crippen molar-refractivity contribution in [2.45, 2.75) is 43.8 Å². The Morgan fingerprint density at radius 1 is 1.32 bits per heavy atom. The van der Waals surface area contributed by atoms with E-state index >= 15 is 0 Å². The summed E-state index contributed by atoms with van der Waals surface area (Å²) >= 11 is 0. The molecule has 3 unspecified atom stereocenters. The number of pyridine rings is 1. The topological polar surface area (TPSA) is 106 Å². The summed E-state index contributed by atoms with van der Waals surface area (Å²) in [6.45, 7) is -0.423. The molecule has 2 aliphatic rings. The van der Waals surface area contributed by atoms with Gasteiger partial charge >= 0.3 is 0 Å². The number of halogens is 3. The van der Waals surface area contributed by atoms with Crippen molar-refractivity contribution < 1.29 is 22.7 Å². The minimum Gasteiger partial charge on any atom is -0.349 e. The molecular weight excluding hydrogens is 413 g/mol. The quantitative estimate of drug-likeness (QED) is 0.706. The van der Waals surface area contributed by atoms with Gasteiger partial charge in [0.15, 0.2) is 17.8 Å². The van der Waals surface area contributed by atoms with Gasteiger partial charge in [0.2, 0.25) is 18.5 Å². The maximum Gasteiger partial charge on any atom is 0.252 e. The van der Waals surface area contributed by atoms with Crippen molar-refractivity contribution in [2.24, 2.45) is 5.92 Å². The molecule has 31 heavy (non-hydrogen) atoms. The third kappa shape index (κ3) is 4.04. The fourth-order valence-electron chi connectivity index (χ4n) is 4.19. The molecule has 162 valence electrons. The molecule has 1 saturated carbocycles. The van der Waals surface area contributed by atoms with E-state index in [4.69, 9.17) is 5.26 Å². The molecule has 2 aromatic rings. The van der Waals surface area contributed by atoms with E-state index in [-0.39, 0.29) is 41.9 Å². The van der Waals surface area contributed by atoms with Crippen LogP contribution < -0.4 is 10.9 Å². The molecule has 10 heteroatoms. The number of alkyl halides is 1. The molecule has 2 fully saturated rings. The maximum atomic E-state index is 14.5. The average Bonchev–Trinajstić information content (AvgIpc) is 3.56. The van der Waals surface area contributed by atoms with Crippen LogP contribution in [0.5, 0.6) is 0 Å². The lowest BCUT2D eigenvalue weighted by molar-refractivity contribution is -0.605. The third-order valence-electron chi connectivity index (χ3n) is 5.92. The van der Waals surface area contributed by atoms with Gasteiger partial charge in [-0.15, -0.1) is 0 Å². The van der Waals surface area contributed by atoms with Crippen molar-refractivity contribution in [3.05, 3.63) is 50.2 Å². The van der Waals surface area contributed by atoms with Crippen molar-refractivity contribution in [3.63, 3.8) is 0 Å². The van der Waals surface area contributed by atoms with Gasteiger partial charge in [-0.3, -0.25) is 9.59 Å². The standard InChI is InChI=1S/C21H19F3N4O3/c22-13-3-4-15-19(20(13)24)18(11-1-2-11)12(21(30)27-15)6-17(29)26-8-16-14(23)5-10(7-25)9-28(16)31/h3-4,10-11,14,16H,1-2,5-6,8-9H2,(H-,26,27,29,30)/p+1. The molecule has 1 aliphatic carbocycles. The monoisotopic (exact) mass is 433 g/mol. The predicted octanol–water partition coefficient (Wildman–Crippen LogP) is 2.37. The summed E-state index contributed by atoms with van der Waals surface area (Å²) in [6.07, 6.45) is -0.674. The number of aromatic nitrogens is 1. The highest BCUT2D eigenvalue weighted by Crippen LogP contribution is 2.44. The van der Waals surface area contributed by atoms with E-state index in [1.165, 1.54) is 6.07 Å². The zero-order valence-corrected chi connectivity index (χ0v) is 16.5. The van der Waals surface area contributed by atoms with Crippen LogP contribution in [0.2, 0.25) is 0 Å². The van der Waals surface area contributed by atoms with Crippen LogP contribution in [0, 0.1) is 33.8 Å². The highest BCUT2D eigenvalue weighted by Gasteiger charge is 2.43. The predicted molar refractivity (Wildman–Crippen MR) is 104 cm³/mol. The first-order chi connectivity index (χ1) is 14.8. The Bertz CT molecular complexity index is 1170. The summed E-state index contributed by atoms with van der Waals surface area (Å²) in [5, 5.41) is 11.3. The summed E-state index contributed by atoms with van der Waals surface area (Å²) in [7, 11) is 0. The number of amides is 1. The molecule has 0 bridgehead atoms. The van der Waals surface area contributed by atoms with Crippen LogP contribution in [0.1, 0.15) is 36.3 Å². The molecule has 1 aromatic carbocycles. The van der Waals surface area contributed by atoms with E-state index in [1.807, 2.05) is 6.07 Å². The Morgan fingerprint density at radius 2 is 2.06 bits per heavy atom. The SMILES string of the molecule is N#CC1CC(F)C(CNC(=O)Cc2c(C3CC3)c3c(F)c(F)ccc3[nH]c2=O)[N+](=O)C1. The number of H-pyrrole nitrogens is 1. The van der Waals surface area contributed by atoms with Gasteiger partial charge < -0.3 is 10.3 Å². The van der Waals surface area contributed by atoms with E-state index in [2.05, 4.69) is 10.3 Å². The molecule has 1 aromatic heterocycles. The zero-order chi connectivity index (χ0) is 22.3. The van der Waals surface area contributed by atoms with Crippen molar-refractivity contribution in [1.29, 1.82) is 5.26 Å². The Labute approximate surface area is 174 Å². The summed E-state index contributed by atoms with van der Waals surface area (Å²) in [5.41, 5.74) is -0.0411. The Balaban J connectivity index is 1.56. The van der Waals surface area contributed by atoms with Crippen LogP contribution in [-0.2, 0) is 11.2 Å². The van der Waals surface area contributed by atoms with Crippen LogP contribution >= 0.6 is 0 Å². The third-order valence-corrected chi connectivity index (χ3v) is 5.92. The van der Waals surface area contributed by atoms with E-state index in [9.17, 15) is 27.7 Å². The van der Waals surface area contributed by atoms with Gasteiger partial charge in [0.05, 0.1) is 24.6 Å². The van der Waals surface area contributed by atoms with Gasteiger partial charge in [-0.05, 0) is 36.5 Å². The number of nitrogens with one attached hydrogen (secondary N) is 2. The second-order valence-electron chi connectivity index (χ2n) is 8.13. The normalized spacial score (nSPS) is 23.5. The van der Waals surface area contributed by atoms with E-state index < -0.39 is 47.7 Å². The van der Waals surface area contributed by atoms with Crippen LogP contribution in [0.15, 0.2) is 16.9 Å². The molecular formula is C21H20F3N4O3+. The van der Waals surface area contributed by atoms with E-state index in [1.54, 1.807) is 0 Å². The highest BCUT2D eigenvalue weighted by atomic mass is 19.2. The van der Waals surface area contributed by atoms with Crippen LogP contribution in [-0.4, -0.2) is 41.0 Å². The number of nitriles is 1. The lowest BCUT2D eigenvalue weighted by Gasteiger charge is -2.21. The van der Waals surface area contributed by atoms with Crippen LogP contribution in [0.4, 0.5) is 13.2 Å². The van der Waals surface area contributed by atoms with Crippen LogP contribution in [0.3, 0.4) is 0 Å². The summed E-state index contributed by atoms with van der Waals surface area (Å²) in [5.74, 6) is -3.60. The first kappa shape index (κ1) is 21.0. The minimum atomic E-state index is -1.57. The number of nitroso groups, excluding NO2 is 1. The smallest absolute Gasteiger partial charge is 0.252 e. The number of piperidine rings is 1. The second kappa shape index (κ2) is 8.13. The van der Waals surface area contributed by atoms with Gasteiger partial charge in [-0.2, -0.15) is 5.26 Å². The maximum absolute atomic E-state index is 14.5. The first-order valence-electron chi connectivity index (χ1n) is 10.1. The molecule has 1 aliphatic heterocycles. The molecule has 0 radical (unpaired) electrons. The zero-order valence-electron chi connectivity index (χ0n) is 16.5. The van der Waals surface area contributed by atoms with Crippen molar-refractivity contribution in [2.75, 3.05) is 13.1 Å². The molecule has 2 heterocycles. The van der Waals surface area contributed by atoms with Gasteiger partial charge in [0, 0.05) is 27.0 Å². The molecule has 4 rings (SSSR count). The van der Waals surface area contributed by atoms with Gasteiger partial charge in [0.25, 0.3) is 5.56 Å². The van der Waals surface area contributed by atoms with Gasteiger partial charge in [-0.25, -0.2) is 13.2 Å². The fraction of sp³-hybridized carbons (Fsp3) is 0.476. The number of carbonyl (C=O) groups is 1. The number of benzene rings is 1. The summed E-state index contributed by atoms with van der Waals surface area (Å²) in [6, 6.07) is 2.96. The van der Waals surface area contributed by atoms with E-state index in [0.29, 0.717) is 23.2 Å². The van der Waals surface area contributed by atoms with Gasteiger partial charge in [0.1, 0.15) is 5.92 Å². The molecule has 0 spiro atoms. The largest absolute Gasteiger partial charge is 0.349 e. The molecule has 1 amide bonds. The van der Waals surface area contributed by atoms with E-state index in [0.717, 1.165) is 6.07 Å². The van der Waals surface area contributed by atoms with Gasteiger partial charge in [-0.1, -0.05) is 0 Å². The first-order valence-corrected chi connectivity index (χ1v) is 10.1. The Hall–Kier alpha value is -3.22. The lowest BCUT2D eigenvalue weighted by Crippen LogP contribution is -2.49. The number of nitrogens with zero attached hydrogens (tertiary/aromatic N) is 2. The lowest BCUT2D eigenvalue weighted by atomic mass is 9.93. The molecule has 7 nitrogen and oxygen atoms in total. The second-order valence-corrected chi connectivity index (χ2v) is 8.13. The van der Waals surface area contributed by atoms with Crippen molar-refractivity contribution >= 4 is 16.8 Å². The number of hydrogen-bond donors (Lipinski definition) is 2. The fourth-order valence-corrected chi connectivity index (χ4v) is 4.19. The van der Waals surface area contributed by atoms with Crippen molar-refractivity contribution in [3.8, 4) is 6.07 Å². The summed E-state index contributed by atoms with van der Waals surface area (Å²) < 4.78 is 43.0. The summed E-state index contributed by atoms with van der Waals surface area (Å²) in [4.78, 5) is 39.6. The number of hydrogen-bond acceptors (Lipinski definition) is 4. The Kier molecular flexibility index (Phi) is 5.52. The molecule has 2 N–H and O–H groups in total. The minimum absolute atomic E-state index is 0.0331. The molecule has 1 saturated heterocycles. The number of carbonyl (C=O) groups excluding carboxylic acids is 1. The highest BCUT2D eigenvalue weighted by molar-refractivity contribution is 5.87. The average molecular weight is 433 g/mol. The van der Waals surface area contributed by atoms with Crippen molar-refractivity contribution in [1.82, 2.24) is 10.3 Å². The Morgan fingerprint density at radius 3 is 2.71 bits per heavy atom. The number of rotatable bonds is 5. The van der Waals surface area contributed by atoms with Crippen LogP contribution in [0.25, 0.3) is 10.9 Å². The number of aromatic amines is 1. The number of fused-ring (bicyclic) bond motifs is 1.